The summed E-state index contributed by atoms with van der Waals surface area (Å²) in [4.78, 5) is 51.8. The Kier molecular flexibility index (Phi) is 9.88. The van der Waals surface area contributed by atoms with E-state index in [1.54, 1.807) is 46.8 Å². The zero-order valence-corrected chi connectivity index (χ0v) is 21.1. The van der Waals surface area contributed by atoms with Crippen LogP contribution in [0, 0.1) is 19.8 Å². The molecule has 0 aromatic heterocycles. The number of hydrogen-bond donors (Lipinski definition) is 2. The van der Waals surface area contributed by atoms with Crippen LogP contribution >= 0.6 is 0 Å². The Bertz CT molecular complexity index is 875. The van der Waals surface area contributed by atoms with Crippen molar-refractivity contribution in [1.29, 1.82) is 0 Å². The van der Waals surface area contributed by atoms with Crippen LogP contribution in [0.2, 0.25) is 0 Å². The third-order valence-electron chi connectivity index (χ3n) is 5.16. The van der Waals surface area contributed by atoms with E-state index < -0.39 is 41.6 Å². The second kappa shape index (κ2) is 11.7. The molecular formula is C24H37N3O6. The normalized spacial score (nSPS) is 13.0. The first-order valence-electron chi connectivity index (χ1n) is 10.9. The van der Waals surface area contributed by atoms with Gasteiger partial charge in [0.25, 0.3) is 0 Å². The van der Waals surface area contributed by atoms with Crippen LogP contribution in [-0.2, 0) is 23.9 Å². The van der Waals surface area contributed by atoms with E-state index in [1.807, 2.05) is 19.9 Å². The van der Waals surface area contributed by atoms with Crippen molar-refractivity contribution in [2.24, 2.45) is 5.92 Å². The minimum atomic E-state index is -1.02. The van der Waals surface area contributed by atoms with Gasteiger partial charge < -0.3 is 25.0 Å². The van der Waals surface area contributed by atoms with E-state index in [0.717, 1.165) is 11.1 Å². The van der Waals surface area contributed by atoms with Gasteiger partial charge in [-0.2, -0.15) is 0 Å². The summed E-state index contributed by atoms with van der Waals surface area (Å²) in [6.07, 6.45) is -0.721. The van der Waals surface area contributed by atoms with E-state index >= 15 is 0 Å². The molecular weight excluding hydrogens is 426 g/mol. The maximum Gasteiger partial charge on any atom is 0.408 e. The van der Waals surface area contributed by atoms with Gasteiger partial charge in [-0.15, -0.1) is 0 Å². The fourth-order valence-corrected chi connectivity index (χ4v) is 3.22. The highest BCUT2D eigenvalue weighted by Gasteiger charge is 2.36. The summed E-state index contributed by atoms with van der Waals surface area (Å²) in [6.45, 7) is 12.2. The fourth-order valence-electron chi connectivity index (χ4n) is 3.22. The standard InChI is InChI=1S/C24H37N3O6/c1-14(2)19(26-23(31)33-24(5,6)7)22(30)27(8)20(21(29)25-13-18(28)32-9)17-12-10-11-15(3)16(17)4/h10-12,14,19-20H,13H2,1-9H3,(H,25,29)(H,26,31). The van der Waals surface area contributed by atoms with Crippen LogP contribution in [0.3, 0.4) is 0 Å². The largest absolute Gasteiger partial charge is 0.468 e. The Morgan fingerprint density at radius 3 is 2.21 bits per heavy atom. The SMILES string of the molecule is COC(=O)CNC(=O)C(c1cccc(C)c1C)N(C)C(=O)C(NC(=O)OC(C)(C)C)C(C)C. The van der Waals surface area contributed by atoms with Crippen LogP contribution in [0.15, 0.2) is 18.2 Å². The Labute approximate surface area is 196 Å². The van der Waals surface area contributed by atoms with Gasteiger partial charge in [-0.3, -0.25) is 14.4 Å². The van der Waals surface area contributed by atoms with Gasteiger partial charge in [-0.25, -0.2) is 4.79 Å². The second-order valence-electron chi connectivity index (χ2n) is 9.30. The lowest BCUT2D eigenvalue weighted by atomic mass is 9.94. The third-order valence-corrected chi connectivity index (χ3v) is 5.16. The van der Waals surface area contributed by atoms with E-state index in [2.05, 4.69) is 15.4 Å². The van der Waals surface area contributed by atoms with Crippen LogP contribution in [0.5, 0.6) is 0 Å². The number of hydrogen-bond acceptors (Lipinski definition) is 6. The summed E-state index contributed by atoms with van der Waals surface area (Å²) in [5.74, 6) is -1.88. The highest BCUT2D eigenvalue weighted by atomic mass is 16.6. The molecule has 1 aromatic carbocycles. The first kappa shape index (κ1) is 27.9. The monoisotopic (exact) mass is 463 g/mol. The lowest BCUT2D eigenvalue weighted by molar-refractivity contribution is -0.144. The molecule has 2 N–H and O–H groups in total. The van der Waals surface area contributed by atoms with Crippen molar-refractivity contribution in [1.82, 2.24) is 15.5 Å². The number of alkyl carbamates (subject to hydrolysis) is 1. The van der Waals surface area contributed by atoms with Crippen LogP contribution in [-0.4, -0.2) is 61.1 Å². The molecule has 0 aliphatic carbocycles. The number of carbonyl (C=O) groups excluding carboxylic acids is 4. The number of esters is 1. The quantitative estimate of drug-likeness (QED) is 0.573. The molecule has 0 saturated carbocycles. The first-order chi connectivity index (χ1) is 15.2. The number of aryl methyl sites for hydroxylation is 1. The summed E-state index contributed by atoms with van der Waals surface area (Å²) in [5.41, 5.74) is 1.69. The number of benzene rings is 1. The predicted molar refractivity (Wildman–Crippen MR) is 124 cm³/mol. The molecule has 3 amide bonds. The van der Waals surface area contributed by atoms with Crippen molar-refractivity contribution >= 4 is 23.9 Å². The minimum absolute atomic E-state index is 0.273. The molecule has 0 saturated heterocycles. The number of carbonyl (C=O) groups is 4. The summed E-state index contributed by atoms with van der Waals surface area (Å²) < 4.78 is 9.90. The van der Waals surface area contributed by atoms with E-state index in [1.165, 1.54) is 19.1 Å². The number of methoxy groups -OCH3 is 1. The molecule has 1 rings (SSSR count). The molecule has 1 aromatic rings. The molecule has 9 heteroatoms. The maximum atomic E-state index is 13.5. The molecule has 0 radical (unpaired) electrons. The summed E-state index contributed by atoms with van der Waals surface area (Å²) >= 11 is 0. The number of likely N-dealkylation sites (N-methyl/N-ethyl adjacent to an activating group) is 1. The number of ether oxygens (including phenoxy) is 2. The summed E-state index contributed by atoms with van der Waals surface area (Å²) in [6, 6.07) is 3.52. The van der Waals surface area contributed by atoms with Gasteiger partial charge in [-0.1, -0.05) is 32.0 Å². The summed E-state index contributed by atoms with van der Waals surface area (Å²) in [5, 5.41) is 5.16. The second-order valence-corrected chi connectivity index (χ2v) is 9.30. The Morgan fingerprint density at radius 2 is 1.70 bits per heavy atom. The van der Waals surface area contributed by atoms with Crippen molar-refractivity contribution in [3.05, 3.63) is 34.9 Å². The first-order valence-corrected chi connectivity index (χ1v) is 10.9. The minimum Gasteiger partial charge on any atom is -0.468 e. The van der Waals surface area contributed by atoms with Gasteiger partial charge in [-0.05, 0) is 57.2 Å². The number of rotatable bonds is 8. The molecule has 0 aliphatic heterocycles. The van der Waals surface area contributed by atoms with E-state index in [4.69, 9.17) is 4.74 Å². The number of nitrogens with zero attached hydrogens (tertiary/aromatic N) is 1. The number of nitrogens with one attached hydrogen (secondary N) is 2. The number of amides is 3. The molecule has 2 unspecified atom stereocenters. The lowest BCUT2D eigenvalue weighted by Crippen LogP contribution is -2.54. The van der Waals surface area contributed by atoms with E-state index in [9.17, 15) is 19.2 Å². The average molecular weight is 464 g/mol. The van der Waals surface area contributed by atoms with Crippen molar-refractivity contribution in [3.8, 4) is 0 Å². The van der Waals surface area contributed by atoms with Crippen molar-refractivity contribution in [2.75, 3.05) is 20.7 Å². The van der Waals surface area contributed by atoms with Gasteiger partial charge in [0, 0.05) is 7.05 Å². The van der Waals surface area contributed by atoms with Gasteiger partial charge >= 0.3 is 12.1 Å². The smallest absolute Gasteiger partial charge is 0.408 e. The van der Waals surface area contributed by atoms with Gasteiger partial charge in [0.1, 0.15) is 24.2 Å². The van der Waals surface area contributed by atoms with Gasteiger partial charge in [0.2, 0.25) is 11.8 Å². The highest BCUT2D eigenvalue weighted by Crippen LogP contribution is 2.26. The molecule has 184 valence electrons. The van der Waals surface area contributed by atoms with Crippen LogP contribution in [0.4, 0.5) is 4.79 Å². The molecule has 33 heavy (non-hydrogen) atoms. The third kappa shape index (κ3) is 8.07. The van der Waals surface area contributed by atoms with Gasteiger partial charge in [0.05, 0.1) is 7.11 Å². The molecule has 2 atom stereocenters. The molecule has 9 nitrogen and oxygen atoms in total. The lowest BCUT2D eigenvalue weighted by Gasteiger charge is -2.33. The van der Waals surface area contributed by atoms with Crippen LogP contribution < -0.4 is 10.6 Å². The fraction of sp³-hybridized carbons (Fsp3) is 0.583. The predicted octanol–water partition coefficient (Wildman–Crippen LogP) is 2.64. The molecule has 0 spiro atoms. The van der Waals surface area contributed by atoms with Gasteiger partial charge in [0.15, 0.2) is 0 Å². The molecule has 0 bridgehead atoms. The van der Waals surface area contributed by atoms with E-state index in [0.29, 0.717) is 5.56 Å². The van der Waals surface area contributed by atoms with Crippen molar-refractivity contribution in [3.63, 3.8) is 0 Å². The average Bonchev–Trinajstić information content (AvgIpc) is 2.71. The Hall–Kier alpha value is -3.10. The maximum absolute atomic E-state index is 13.5. The molecule has 0 fully saturated rings. The highest BCUT2D eigenvalue weighted by molar-refractivity contribution is 5.93. The van der Waals surface area contributed by atoms with E-state index in [-0.39, 0.29) is 12.5 Å². The Morgan fingerprint density at radius 1 is 1.09 bits per heavy atom. The topological polar surface area (TPSA) is 114 Å². The zero-order chi connectivity index (χ0) is 25.5. The zero-order valence-electron chi connectivity index (χ0n) is 21.1. The van der Waals surface area contributed by atoms with Crippen LogP contribution in [0.25, 0.3) is 0 Å². The Balaban J connectivity index is 3.30. The molecule has 0 aliphatic rings. The van der Waals surface area contributed by atoms with Crippen molar-refractivity contribution in [2.45, 2.75) is 66.2 Å². The van der Waals surface area contributed by atoms with Crippen LogP contribution in [0.1, 0.15) is 57.4 Å². The molecule has 0 heterocycles. The summed E-state index contributed by atoms with van der Waals surface area (Å²) in [7, 11) is 2.72. The van der Waals surface area contributed by atoms with Crippen molar-refractivity contribution < 1.29 is 28.7 Å².